The lowest BCUT2D eigenvalue weighted by Gasteiger charge is -2.29. The highest BCUT2D eigenvalue weighted by Crippen LogP contribution is 2.41. The van der Waals surface area contributed by atoms with Gasteiger partial charge in [-0.15, -0.1) is 0 Å². The van der Waals surface area contributed by atoms with Gasteiger partial charge in [0.2, 0.25) is 5.89 Å². The van der Waals surface area contributed by atoms with Gasteiger partial charge in [-0.2, -0.15) is 0 Å². The van der Waals surface area contributed by atoms with E-state index in [1.165, 1.54) is 43.3 Å². The zero-order chi connectivity index (χ0) is 18.2. The topological polar surface area (TPSA) is 66.2 Å². The number of nitrogens with zero attached hydrogens (tertiary/aromatic N) is 1. The van der Waals surface area contributed by atoms with Gasteiger partial charge in [-0.25, -0.2) is 18.2 Å². The Morgan fingerprint density at radius 3 is 2.64 bits per heavy atom. The number of aromatic nitrogens is 1. The first-order valence-corrected chi connectivity index (χ1v) is 7.46. The lowest BCUT2D eigenvalue weighted by Crippen LogP contribution is -2.35. The Hall–Kier alpha value is -2.83. The summed E-state index contributed by atoms with van der Waals surface area (Å²) < 4.78 is 46.9. The van der Waals surface area contributed by atoms with Gasteiger partial charge in [0.05, 0.1) is 11.1 Å². The molecule has 1 heterocycles. The van der Waals surface area contributed by atoms with E-state index in [0.717, 1.165) is 6.08 Å². The Morgan fingerprint density at radius 1 is 1.32 bits per heavy atom. The summed E-state index contributed by atoms with van der Waals surface area (Å²) in [6.45, 7) is 1.38. The number of rotatable bonds is 4. The van der Waals surface area contributed by atoms with E-state index in [0.29, 0.717) is 5.56 Å². The molecule has 0 saturated heterocycles. The second-order valence-corrected chi connectivity index (χ2v) is 5.91. The van der Waals surface area contributed by atoms with Gasteiger partial charge < -0.3 is 14.3 Å². The van der Waals surface area contributed by atoms with Crippen molar-refractivity contribution < 1.29 is 27.5 Å². The number of carbonyl (C=O) groups excluding carboxylic acids is 1. The molecule has 0 N–H and O–H groups in total. The van der Waals surface area contributed by atoms with Gasteiger partial charge in [0.1, 0.15) is 17.4 Å². The van der Waals surface area contributed by atoms with E-state index in [-0.39, 0.29) is 17.3 Å². The summed E-state index contributed by atoms with van der Waals surface area (Å²) in [6.07, 6.45) is 1.03. The van der Waals surface area contributed by atoms with Gasteiger partial charge in [0.25, 0.3) is 0 Å². The van der Waals surface area contributed by atoms with Crippen molar-refractivity contribution in [2.24, 2.45) is 0 Å². The van der Waals surface area contributed by atoms with E-state index in [1.807, 2.05) is 0 Å². The minimum Gasteiger partial charge on any atom is -0.550 e. The number of carbonyl (C=O) groups is 1. The zero-order valence-electron chi connectivity index (χ0n) is 13.1. The van der Waals surface area contributed by atoms with E-state index in [2.05, 4.69) is 4.98 Å². The number of carboxylic acids is 1. The Labute approximate surface area is 141 Å². The Bertz CT molecular complexity index is 870. The maximum absolute atomic E-state index is 14.5. The zero-order valence-corrected chi connectivity index (χ0v) is 13.1. The molecule has 2 aromatic rings. The number of carboxylic acid groups (broad SMARTS) is 1. The summed E-state index contributed by atoms with van der Waals surface area (Å²) in [4.78, 5) is 15.1. The molecule has 0 aliphatic heterocycles. The maximum atomic E-state index is 14.5. The number of halogens is 3. The van der Waals surface area contributed by atoms with Crippen LogP contribution < -0.4 is 5.11 Å². The first kappa shape index (κ1) is 17.0. The fraction of sp³-hybridized carbons (Fsp3) is 0.222. The van der Waals surface area contributed by atoms with Crippen molar-refractivity contribution in [1.29, 1.82) is 0 Å². The van der Waals surface area contributed by atoms with Crippen LogP contribution >= 0.6 is 0 Å². The fourth-order valence-electron chi connectivity index (χ4n) is 2.73. The average Bonchev–Trinajstić information content (AvgIpc) is 2.97. The van der Waals surface area contributed by atoms with Crippen LogP contribution in [0.5, 0.6) is 0 Å². The lowest BCUT2D eigenvalue weighted by molar-refractivity contribution is -0.304. The number of aliphatic carboxylic acids is 1. The third kappa shape index (κ3) is 3.09. The SMILES string of the molecule is CC1(c2oc(-c3ccc(F)cc3)nc2CC(=O)[O-])C=CC=C(F)C1F. The van der Waals surface area contributed by atoms with Crippen LogP contribution in [0, 0.1) is 5.82 Å². The van der Waals surface area contributed by atoms with Crippen LogP contribution in [-0.4, -0.2) is 17.1 Å². The number of oxazole rings is 1. The van der Waals surface area contributed by atoms with Crippen molar-refractivity contribution in [3.8, 4) is 11.5 Å². The van der Waals surface area contributed by atoms with Gasteiger partial charge in [0, 0.05) is 18.0 Å². The highest BCUT2D eigenvalue weighted by Gasteiger charge is 2.43. The molecular formula is C18H13F3NO3-. The Balaban J connectivity index is 2.12. The molecule has 2 unspecified atom stereocenters. The molecule has 0 bridgehead atoms. The maximum Gasteiger partial charge on any atom is 0.226 e. The van der Waals surface area contributed by atoms with Crippen LogP contribution in [0.15, 0.2) is 52.7 Å². The van der Waals surface area contributed by atoms with E-state index < -0.39 is 35.6 Å². The van der Waals surface area contributed by atoms with E-state index in [9.17, 15) is 23.1 Å². The molecule has 130 valence electrons. The van der Waals surface area contributed by atoms with Gasteiger partial charge in [-0.3, -0.25) is 0 Å². The monoisotopic (exact) mass is 348 g/mol. The van der Waals surface area contributed by atoms with Crippen molar-refractivity contribution in [3.05, 3.63) is 65.6 Å². The third-order valence-corrected chi connectivity index (χ3v) is 4.06. The smallest absolute Gasteiger partial charge is 0.226 e. The summed E-state index contributed by atoms with van der Waals surface area (Å²) in [5.41, 5.74) is -1.25. The predicted molar refractivity (Wildman–Crippen MR) is 81.2 cm³/mol. The average molecular weight is 348 g/mol. The van der Waals surface area contributed by atoms with Crippen LogP contribution in [0.4, 0.5) is 13.2 Å². The summed E-state index contributed by atoms with van der Waals surface area (Å²) in [6, 6.07) is 5.14. The van der Waals surface area contributed by atoms with Crippen LogP contribution in [0.1, 0.15) is 18.4 Å². The van der Waals surface area contributed by atoms with Crippen LogP contribution in [-0.2, 0) is 16.6 Å². The largest absolute Gasteiger partial charge is 0.550 e. The summed E-state index contributed by atoms with van der Waals surface area (Å²) in [5.74, 6) is -3.02. The number of benzene rings is 1. The number of hydrogen-bond acceptors (Lipinski definition) is 4. The summed E-state index contributed by atoms with van der Waals surface area (Å²) in [5, 5.41) is 11.0. The molecule has 0 spiro atoms. The highest BCUT2D eigenvalue weighted by molar-refractivity contribution is 5.68. The third-order valence-electron chi connectivity index (χ3n) is 4.06. The molecule has 1 aromatic carbocycles. The van der Waals surface area contributed by atoms with Gasteiger partial charge in [0.15, 0.2) is 6.17 Å². The molecule has 0 amide bonds. The van der Waals surface area contributed by atoms with Crippen LogP contribution in [0.25, 0.3) is 11.5 Å². The first-order valence-electron chi connectivity index (χ1n) is 7.46. The van der Waals surface area contributed by atoms with Crippen molar-refractivity contribution in [3.63, 3.8) is 0 Å². The first-order chi connectivity index (χ1) is 11.8. The minimum absolute atomic E-state index is 0.0111. The number of hydrogen-bond donors (Lipinski definition) is 0. The van der Waals surface area contributed by atoms with Crippen molar-refractivity contribution in [2.45, 2.75) is 24.9 Å². The molecule has 0 saturated carbocycles. The standard InChI is InChI=1S/C18H14F3NO3/c1-18(8-2-3-12(20)15(18)21)16-13(9-14(23)24)22-17(25-16)10-4-6-11(19)7-5-10/h2-8,15H,9H2,1H3,(H,23,24)/p-1. The molecule has 3 rings (SSSR count). The molecule has 0 fully saturated rings. The minimum atomic E-state index is -2.05. The summed E-state index contributed by atoms with van der Waals surface area (Å²) >= 11 is 0. The van der Waals surface area contributed by atoms with Gasteiger partial charge >= 0.3 is 0 Å². The van der Waals surface area contributed by atoms with Crippen LogP contribution in [0.3, 0.4) is 0 Å². The predicted octanol–water partition coefficient (Wildman–Crippen LogP) is 2.79. The van der Waals surface area contributed by atoms with E-state index in [4.69, 9.17) is 4.42 Å². The van der Waals surface area contributed by atoms with E-state index in [1.54, 1.807) is 0 Å². The molecule has 2 atom stereocenters. The fourth-order valence-corrected chi connectivity index (χ4v) is 2.73. The van der Waals surface area contributed by atoms with Crippen molar-refractivity contribution in [2.75, 3.05) is 0 Å². The molecule has 25 heavy (non-hydrogen) atoms. The molecule has 7 heteroatoms. The molecular weight excluding hydrogens is 335 g/mol. The Morgan fingerprint density at radius 2 is 2.00 bits per heavy atom. The van der Waals surface area contributed by atoms with Crippen molar-refractivity contribution >= 4 is 5.97 Å². The molecule has 0 radical (unpaired) electrons. The normalized spacial score (nSPS) is 22.7. The van der Waals surface area contributed by atoms with Crippen LogP contribution in [0.2, 0.25) is 0 Å². The molecule has 1 aliphatic carbocycles. The lowest BCUT2D eigenvalue weighted by atomic mass is 9.78. The number of alkyl halides is 1. The van der Waals surface area contributed by atoms with E-state index >= 15 is 0 Å². The highest BCUT2D eigenvalue weighted by atomic mass is 19.2. The Kier molecular flexibility index (Phi) is 4.24. The molecule has 1 aromatic heterocycles. The van der Waals surface area contributed by atoms with Gasteiger partial charge in [-0.05, 0) is 37.3 Å². The van der Waals surface area contributed by atoms with Gasteiger partial charge in [-0.1, -0.05) is 12.2 Å². The molecule has 1 aliphatic rings. The second-order valence-electron chi connectivity index (χ2n) is 5.91. The molecule has 4 nitrogen and oxygen atoms in total. The second kappa shape index (κ2) is 6.23. The number of allylic oxidation sites excluding steroid dienone is 4. The van der Waals surface area contributed by atoms with Crippen molar-refractivity contribution in [1.82, 2.24) is 4.98 Å². The quantitative estimate of drug-likeness (QED) is 0.852. The summed E-state index contributed by atoms with van der Waals surface area (Å²) in [7, 11) is 0.